The van der Waals surface area contributed by atoms with E-state index in [2.05, 4.69) is 42.8 Å². The van der Waals surface area contributed by atoms with E-state index in [1.807, 2.05) is 7.05 Å². The molecular weight excluding hydrogens is 336 g/mol. The molecule has 26 heavy (non-hydrogen) atoms. The minimum atomic E-state index is -0.877. The van der Waals surface area contributed by atoms with E-state index in [9.17, 15) is 4.79 Å². The quantitative estimate of drug-likeness (QED) is 0.823. The van der Waals surface area contributed by atoms with Crippen molar-refractivity contribution in [1.82, 2.24) is 4.57 Å². The molecule has 1 saturated carbocycles. The van der Waals surface area contributed by atoms with Gasteiger partial charge in [-0.25, -0.2) is 0 Å². The van der Waals surface area contributed by atoms with E-state index >= 15 is 0 Å². The number of aryl methyl sites for hydroxylation is 1. The van der Waals surface area contributed by atoms with Gasteiger partial charge >= 0.3 is 0 Å². The Kier molecular flexibility index (Phi) is 4.78. The van der Waals surface area contributed by atoms with Crippen molar-refractivity contribution >= 4 is 19.7 Å². The summed E-state index contributed by atoms with van der Waals surface area (Å²) in [7, 11) is 1.02. The van der Waals surface area contributed by atoms with Crippen LogP contribution < -0.4 is 16.1 Å². The van der Waals surface area contributed by atoms with Gasteiger partial charge in [-0.3, -0.25) is 4.79 Å². The third-order valence-electron chi connectivity index (χ3n) is 5.97. The van der Waals surface area contributed by atoms with Crippen LogP contribution in [0.4, 0.5) is 5.69 Å². The van der Waals surface area contributed by atoms with Gasteiger partial charge in [0.2, 0.25) is 0 Å². The van der Waals surface area contributed by atoms with Gasteiger partial charge in [-0.2, -0.15) is 0 Å². The fraction of sp³-hybridized carbons (Fsp3) is 0.500. The van der Waals surface area contributed by atoms with Gasteiger partial charge < -0.3 is 9.88 Å². The topological polar surface area (TPSA) is 34.0 Å². The standard InChI is InChI=1S/C22H30N2OSi/c1-24-14-20(17-6-4-5-7-18(17)22(24)25)19-12-16(26(2)3)10-11-21(19)23-13-15-8-9-15/h10-12,14-15,23,26H,4-9,13H2,1-3H3. The fourth-order valence-corrected chi connectivity index (χ4v) is 5.07. The first-order valence-corrected chi connectivity index (χ1v) is 13.0. The Morgan fingerprint density at radius 2 is 1.85 bits per heavy atom. The minimum Gasteiger partial charge on any atom is -0.384 e. The van der Waals surface area contributed by atoms with Crippen LogP contribution in [0.15, 0.2) is 29.2 Å². The van der Waals surface area contributed by atoms with E-state index in [0.29, 0.717) is 0 Å². The Hall–Kier alpha value is -1.81. The fourth-order valence-electron chi connectivity index (χ4n) is 4.09. The molecule has 1 heterocycles. The molecule has 3 nitrogen and oxygen atoms in total. The summed E-state index contributed by atoms with van der Waals surface area (Å²) in [6.45, 7) is 5.83. The van der Waals surface area contributed by atoms with Crippen molar-refractivity contribution in [3.8, 4) is 11.1 Å². The number of hydrogen-bond donors (Lipinski definition) is 1. The molecule has 0 spiro atoms. The summed E-state index contributed by atoms with van der Waals surface area (Å²) in [5.74, 6) is 0.844. The van der Waals surface area contributed by atoms with Gasteiger partial charge in [0.25, 0.3) is 5.56 Å². The molecule has 1 aromatic carbocycles. The van der Waals surface area contributed by atoms with Crippen molar-refractivity contribution in [2.75, 3.05) is 11.9 Å². The number of rotatable bonds is 5. The van der Waals surface area contributed by atoms with Crippen molar-refractivity contribution in [1.29, 1.82) is 0 Å². The van der Waals surface area contributed by atoms with E-state index in [-0.39, 0.29) is 5.56 Å². The molecule has 1 N–H and O–H groups in total. The molecule has 4 rings (SSSR count). The second-order valence-corrected chi connectivity index (χ2v) is 11.4. The van der Waals surface area contributed by atoms with Crippen LogP contribution in [-0.4, -0.2) is 19.9 Å². The van der Waals surface area contributed by atoms with Crippen molar-refractivity contribution in [3.63, 3.8) is 0 Å². The zero-order valence-corrected chi connectivity index (χ0v) is 17.4. The number of anilines is 1. The highest BCUT2D eigenvalue weighted by molar-refractivity contribution is 6.70. The first-order chi connectivity index (χ1) is 12.5. The van der Waals surface area contributed by atoms with Gasteiger partial charge in [-0.05, 0) is 56.1 Å². The minimum absolute atomic E-state index is 0.199. The van der Waals surface area contributed by atoms with Crippen LogP contribution in [0.1, 0.15) is 36.8 Å². The summed E-state index contributed by atoms with van der Waals surface area (Å²) in [6.07, 6.45) is 9.08. The SMILES string of the molecule is Cn1cc(-c2cc([SiH](C)C)ccc2NCC2CC2)c2c(c1=O)CCCC2. The third-order valence-corrected chi connectivity index (χ3v) is 7.67. The zero-order valence-electron chi connectivity index (χ0n) is 16.3. The van der Waals surface area contributed by atoms with E-state index in [1.54, 1.807) is 4.57 Å². The molecule has 2 aromatic rings. The number of benzene rings is 1. The molecule has 0 aliphatic heterocycles. The molecular formula is C22H30N2OSi. The van der Waals surface area contributed by atoms with Crippen LogP contribution in [0.2, 0.25) is 13.1 Å². The molecule has 0 radical (unpaired) electrons. The molecule has 1 aromatic heterocycles. The molecule has 0 saturated heterocycles. The van der Waals surface area contributed by atoms with Crippen molar-refractivity contribution in [2.24, 2.45) is 13.0 Å². The molecule has 2 aliphatic rings. The maximum Gasteiger partial charge on any atom is 0.253 e. The summed E-state index contributed by atoms with van der Waals surface area (Å²) in [5, 5.41) is 5.20. The largest absolute Gasteiger partial charge is 0.384 e. The first-order valence-electron chi connectivity index (χ1n) is 10.1. The number of pyridine rings is 1. The maximum absolute atomic E-state index is 12.6. The van der Waals surface area contributed by atoms with Gasteiger partial charge in [0.15, 0.2) is 0 Å². The van der Waals surface area contributed by atoms with Crippen molar-refractivity contribution in [3.05, 3.63) is 45.9 Å². The van der Waals surface area contributed by atoms with Gasteiger partial charge in [-0.15, -0.1) is 0 Å². The Bertz CT molecular complexity index is 880. The average molecular weight is 367 g/mol. The lowest BCUT2D eigenvalue weighted by atomic mass is 9.87. The first kappa shape index (κ1) is 17.6. The van der Waals surface area contributed by atoms with Crippen molar-refractivity contribution in [2.45, 2.75) is 51.6 Å². The lowest BCUT2D eigenvalue weighted by Gasteiger charge is -2.23. The number of nitrogens with zero attached hydrogens (tertiary/aromatic N) is 1. The van der Waals surface area contributed by atoms with Gasteiger partial charge in [0.05, 0.1) is 8.80 Å². The lowest BCUT2D eigenvalue weighted by molar-refractivity contribution is 0.664. The smallest absolute Gasteiger partial charge is 0.253 e. The van der Waals surface area contributed by atoms with E-state index in [4.69, 9.17) is 0 Å². The number of fused-ring (bicyclic) bond motifs is 1. The Morgan fingerprint density at radius 1 is 1.12 bits per heavy atom. The van der Waals surface area contributed by atoms with Gasteiger partial charge in [0, 0.05) is 42.2 Å². The molecule has 138 valence electrons. The predicted octanol–water partition coefficient (Wildman–Crippen LogP) is 3.45. The number of aromatic nitrogens is 1. The maximum atomic E-state index is 12.6. The average Bonchev–Trinajstić information content (AvgIpc) is 3.47. The Labute approximate surface area is 158 Å². The molecule has 2 aliphatic carbocycles. The molecule has 1 fully saturated rings. The van der Waals surface area contributed by atoms with Gasteiger partial charge in [-0.1, -0.05) is 30.4 Å². The van der Waals surface area contributed by atoms with Crippen LogP contribution in [0.25, 0.3) is 11.1 Å². The second kappa shape index (κ2) is 7.07. The zero-order chi connectivity index (χ0) is 18.3. The number of nitrogens with one attached hydrogen (secondary N) is 1. The molecule has 0 amide bonds. The third kappa shape index (κ3) is 3.39. The van der Waals surface area contributed by atoms with Crippen LogP contribution in [0.3, 0.4) is 0 Å². The predicted molar refractivity (Wildman–Crippen MR) is 113 cm³/mol. The highest BCUT2D eigenvalue weighted by atomic mass is 28.3. The van der Waals surface area contributed by atoms with Crippen LogP contribution in [0.5, 0.6) is 0 Å². The Morgan fingerprint density at radius 3 is 2.54 bits per heavy atom. The van der Waals surface area contributed by atoms with E-state index < -0.39 is 8.80 Å². The molecule has 0 atom stereocenters. The van der Waals surface area contributed by atoms with E-state index in [1.165, 1.54) is 46.8 Å². The summed E-state index contributed by atoms with van der Waals surface area (Å²) in [4.78, 5) is 12.6. The van der Waals surface area contributed by atoms with Gasteiger partial charge in [0.1, 0.15) is 0 Å². The highest BCUT2D eigenvalue weighted by Crippen LogP contribution is 2.35. The summed E-state index contributed by atoms with van der Waals surface area (Å²) < 4.78 is 1.80. The summed E-state index contributed by atoms with van der Waals surface area (Å²) in [5.41, 5.74) is 6.37. The Balaban J connectivity index is 1.86. The molecule has 0 unspecified atom stereocenters. The normalized spacial score (nSPS) is 16.6. The molecule has 4 heteroatoms. The molecule has 0 bridgehead atoms. The lowest BCUT2D eigenvalue weighted by Crippen LogP contribution is -2.26. The van der Waals surface area contributed by atoms with Crippen LogP contribution in [0, 0.1) is 5.92 Å². The van der Waals surface area contributed by atoms with Crippen molar-refractivity contribution < 1.29 is 0 Å². The highest BCUT2D eigenvalue weighted by Gasteiger charge is 2.23. The van der Waals surface area contributed by atoms with E-state index in [0.717, 1.165) is 37.3 Å². The number of hydrogen-bond acceptors (Lipinski definition) is 2. The summed E-state index contributed by atoms with van der Waals surface area (Å²) >= 11 is 0. The van der Waals surface area contributed by atoms with Crippen LogP contribution in [-0.2, 0) is 19.9 Å². The monoisotopic (exact) mass is 366 g/mol. The summed E-state index contributed by atoms with van der Waals surface area (Å²) in [6, 6.07) is 6.99. The second-order valence-electron chi connectivity index (χ2n) is 8.41. The van der Waals surface area contributed by atoms with Crippen LogP contribution >= 0.6 is 0 Å².